The van der Waals surface area contributed by atoms with E-state index in [0.29, 0.717) is 11.1 Å². The molecule has 0 amide bonds. The molecule has 0 bridgehead atoms. The van der Waals surface area contributed by atoms with E-state index in [0.717, 1.165) is 12.1 Å². The molecule has 1 aromatic carbocycles. The maximum atomic E-state index is 12.2. The molecule has 1 aromatic rings. The lowest BCUT2D eigenvalue weighted by Gasteiger charge is -2.09. The molecule has 0 aliphatic carbocycles. The van der Waals surface area contributed by atoms with Crippen LogP contribution in [0, 0.1) is 6.92 Å². The van der Waals surface area contributed by atoms with Gasteiger partial charge in [-0.3, -0.25) is 0 Å². The molecule has 0 saturated heterocycles. The Morgan fingerprint density at radius 2 is 1.85 bits per heavy atom. The number of alkyl halides is 3. The van der Waals surface area contributed by atoms with Crippen molar-refractivity contribution in [2.45, 2.75) is 19.6 Å². The lowest BCUT2D eigenvalue weighted by molar-refractivity contribution is -0.137. The number of benzene rings is 1. The Labute approximate surface area is 74.4 Å². The van der Waals surface area contributed by atoms with Crippen molar-refractivity contribution < 1.29 is 13.2 Å². The fourth-order valence-electron chi connectivity index (χ4n) is 1.14. The van der Waals surface area contributed by atoms with Crippen LogP contribution in [0.25, 0.3) is 0 Å². The zero-order valence-corrected chi connectivity index (χ0v) is 7.15. The summed E-state index contributed by atoms with van der Waals surface area (Å²) in [5.41, 5.74) is 5.72. The van der Waals surface area contributed by atoms with Gasteiger partial charge in [-0.05, 0) is 24.6 Å². The van der Waals surface area contributed by atoms with Crippen molar-refractivity contribution in [2.75, 3.05) is 0 Å². The van der Waals surface area contributed by atoms with Crippen molar-refractivity contribution in [1.29, 1.82) is 0 Å². The van der Waals surface area contributed by atoms with Gasteiger partial charge in [0.15, 0.2) is 0 Å². The number of halogens is 3. The Balaban J connectivity index is 3.16. The van der Waals surface area contributed by atoms with E-state index in [9.17, 15) is 13.2 Å². The highest BCUT2D eigenvalue weighted by atomic mass is 19.4. The van der Waals surface area contributed by atoms with E-state index in [1.54, 1.807) is 13.0 Å². The molecule has 0 fully saturated rings. The average Bonchev–Trinajstić information content (AvgIpc) is 2.01. The lowest BCUT2D eigenvalue weighted by Crippen LogP contribution is -2.07. The van der Waals surface area contributed by atoms with E-state index in [1.165, 1.54) is 0 Å². The van der Waals surface area contributed by atoms with Crippen molar-refractivity contribution in [2.24, 2.45) is 5.73 Å². The smallest absolute Gasteiger partial charge is 0.326 e. The molecule has 1 nitrogen and oxygen atoms in total. The molecule has 1 rings (SSSR count). The zero-order chi connectivity index (χ0) is 10.1. The van der Waals surface area contributed by atoms with Gasteiger partial charge in [0.1, 0.15) is 0 Å². The summed E-state index contributed by atoms with van der Waals surface area (Å²) in [7, 11) is 0. The summed E-state index contributed by atoms with van der Waals surface area (Å²) in [4.78, 5) is 0. The molecule has 0 aromatic heterocycles. The Morgan fingerprint density at radius 3 is 2.31 bits per heavy atom. The third kappa shape index (κ3) is 2.45. The second-order valence-corrected chi connectivity index (χ2v) is 2.91. The second kappa shape index (κ2) is 3.38. The number of hydrogen-bond donors (Lipinski definition) is 1. The summed E-state index contributed by atoms with van der Waals surface area (Å²) in [6, 6.07) is 3.83. The molecule has 4 heteroatoms. The monoisotopic (exact) mass is 189 g/mol. The van der Waals surface area contributed by atoms with Gasteiger partial charge in [0.05, 0.1) is 5.56 Å². The van der Waals surface area contributed by atoms with E-state index in [4.69, 9.17) is 5.73 Å². The van der Waals surface area contributed by atoms with Crippen LogP contribution in [-0.4, -0.2) is 0 Å². The molecular weight excluding hydrogens is 179 g/mol. The normalized spacial score (nSPS) is 11.8. The maximum absolute atomic E-state index is 12.2. The summed E-state index contributed by atoms with van der Waals surface area (Å²) >= 11 is 0. The van der Waals surface area contributed by atoms with Crippen molar-refractivity contribution in [3.05, 3.63) is 34.9 Å². The molecule has 0 aliphatic rings. The summed E-state index contributed by atoms with van der Waals surface area (Å²) in [6.07, 6.45) is -4.28. The Kier molecular flexibility index (Phi) is 2.61. The predicted molar refractivity (Wildman–Crippen MR) is 44.1 cm³/mol. The van der Waals surface area contributed by atoms with Crippen LogP contribution in [0.3, 0.4) is 0 Å². The van der Waals surface area contributed by atoms with Gasteiger partial charge in [0.2, 0.25) is 0 Å². The molecule has 0 aliphatic heterocycles. The molecule has 0 heterocycles. The second-order valence-electron chi connectivity index (χ2n) is 2.91. The van der Waals surface area contributed by atoms with Crippen LogP contribution < -0.4 is 5.73 Å². The van der Waals surface area contributed by atoms with E-state index >= 15 is 0 Å². The predicted octanol–water partition coefficient (Wildman–Crippen LogP) is 2.47. The summed E-state index contributed by atoms with van der Waals surface area (Å²) in [6.45, 7) is 1.75. The minimum absolute atomic E-state index is 0.130. The van der Waals surface area contributed by atoms with Crippen molar-refractivity contribution in [1.82, 2.24) is 0 Å². The van der Waals surface area contributed by atoms with E-state index in [1.807, 2.05) is 0 Å². The van der Waals surface area contributed by atoms with Crippen LogP contribution in [0.1, 0.15) is 16.7 Å². The third-order valence-electron chi connectivity index (χ3n) is 1.70. The van der Waals surface area contributed by atoms with Gasteiger partial charge in [-0.15, -0.1) is 0 Å². The van der Waals surface area contributed by atoms with Gasteiger partial charge in [0, 0.05) is 6.54 Å². The molecule has 72 valence electrons. The zero-order valence-electron chi connectivity index (χ0n) is 7.15. The first-order valence-corrected chi connectivity index (χ1v) is 3.81. The van der Waals surface area contributed by atoms with Crippen LogP contribution in [0.15, 0.2) is 18.2 Å². The molecule has 0 radical (unpaired) electrons. The molecule has 0 atom stereocenters. The van der Waals surface area contributed by atoms with Gasteiger partial charge >= 0.3 is 6.18 Å². The first-order chi connectivity index (χ1) is 5.93. The number of aryl methyl sites for hydroxylation is 1. The van der Waals surface area contributed by atoms with Crippen molar-refractivity contribution in [3.8, 4) is 0 Å². The maximum Gasteiger partial charge on any atom is 0.416 e. The van der Waals surface area contributed by atoms with Crippen molar-refractivity contribution >= 4 is 0 Å². The first kappa shape index (κ1) is 10.1. The van der Waals surface area contributed by atoms with Gasteiger partial charge in [-0.1, -0.05) is 11.6 Å². The van der Waals surface area contributed by atoms with E-state index in [-0.39, 0.29) is 6.54 Å². The number of nitrogens with two attached hydrogens (primary N) is 1. The third-order valence-corrected chi connectivity index (χ3v) is 1.70. The average molecular weight is 189 g/mol. The minimum Gasteiger partial charge on any atom is -0.326 e. The minimum atomic E-state index is -4.28. The molecule has 13 heavy (non-hydrogen) atoms. The van der Waals surface area contributed by atoms with Gasteiger partial charge in [0.25, 0.3) is 0 Å². The highest BCUT2D eigenvalue weighted by molar-refractivity contribution is 5.30. The largest absolute Gasteiger partial charge is 0.416 e. The number of rotatable bonds is 1. The molecule has 2 N–H and O–H groups in total. The Hall–Kier alpha value is -1.03. The van der Waals surface area contributed by atoms with Crippen LogP contribution in [0.5, 0.6) is 0 Å². The van der Waals surface area contributed by atoms with Gasteiger partial charge in [-0.2, -0.15) is 13.2 Å². The van der Waals surface area contributed by atoms with Crippen LogP contribution in [0.2, 0.25) is 0 Å². The fraction of sp³-hybridized carbons (Fsp3) is 0.333. The van der Waals surface area contributed by atoms with Gasteiger partial charge in [-0.25, -0.2) is 0 Å². The standard InChI is InChI=1S/C9H10F3N/c1-6-2-7(5-13)4-8(3-6)9(10,11)12/h2-4H,5,13H2,1H3. The van der Waals surface area contributed by atoms with Gasteiger partial charge < -0.3 is 5.73 Å². The fourth-order valence-corrected chi connectivity index (χ4v) is 1.14. The molecule has 0 spiro atoms. The summed E-state index contributed by atoms with van der Waals surface area (Å²) < 4.78 is 36.7. The van der Waals surface area contributed by atoms with E-state index < -0.39 is 11.7 Å². The summed E-state index contributed by atoms with van der Waals surface area (Å²) in [5.74, 6) is 0. The molecular formula is C9H10F3N. The topological polar surface area (TPSA) is 26.0 Å². The van der Waals surface area contributed by atoms with Crippen LogP contribution >= 0.6 is 0 Å². The Bertz CT molecular complexity index is 304. The SMILES string of the molecule is Cc1cc(CN)cc(C(F)(F)F)c1. The highest BCUT2D eigenvalue weighted by Crippen LogP contribution is 2.30. The molecule has 0 saturated carbocycles. The quantitative estimate of drug-likeness (QED) is 0.721. The first-order valence-electron chi connectivity index (χ1n) is 3.81. The van der Waals surface area contributed by atoms with Crippen LogP contribution in [0.4, 0.5) is 13.2 Å². The van der Waals surface area contributed by atoms with Crippen molar-refractivity contribution in [3.63, 3.8) is 0 Å². The van der Waals surface area contributed by atoms with Crippen LogP contribution in [-0.2, 0) is 12.7 Å². The lowest BCUT2D eigenvalue weighted by atomic mass is 10.1. The van der Waals surface area contributed by atoms with E-state index in [2.05, 4.69) is 0 Å². The number of hydrogen-bond acceptors (Lipinski definition) is 1. The molecule has 0 unspecified atom stereocenters. The summed E-state index contributed by atoms with van der Waals surface area (Å²) in [5, 5.41) is 0. The Morgan fingerprint density at radius 1 is 1.23 bits per heavy atom. The highest BCUT2D eigenvalue weighted by Gasteiger charge is 2.30.